The van der Waals surface area contributed by atoms with E-state index in [-0.39, 0.29) is 30.4 Å². The Bertz CT molecular complexity index is 2660. The van der Waals surface area contributed by atoms with Gasteiger partial charge in [0.1, 0.15) is 29.3 Å². The van der Waals surface area contributed by atoms with Crippen LogP contribution in [0.1, 0.15) is 49.4 Å². The number of nitrogens with two attached hydrogens (primary N) is 1. The van der Waals surface area contributed by atoms with Gasteiger partial charge in [-0.05, 0) is 37.5 Å². The zero-order valence-corrected chi connectivity index (χ0v) is 44.1. The smallest absolute Gasteiger partial charge is 0.256 e. The quantitative estimate of drug-likeness (QED) is 0.0464. The number of carbonyl (C=O) groups is 2. The summed E-state index contributed by atoms with van der Waals surface area (Å²) in [6.45, 7) is 8.05. The van der Waals surface area contributed by atoms with Gasteiger partial charge in [0.2, 0.25) is 17.8 Å². The molecule has 1 unspecified atom stereocenters. The Hall–Kier alpha value is -6.55. The van der Waals surface area contributed by atoms with Gasteiger partial charge >= 0.3 is 0 Å². The molecule has 26 heteroatoms. The van der Waals surface area contributed by atoms with Gasteiger partial charge in [0.15, 0.2) is 22.8 Å². The summed E-state index contributed by atoms with van der Waals surface area (Å²) in [7, 11) is 6.68. The van der Waals surface area contributed by atoms with Crippen molar-refractivity contribution in [2.24, 2.45) is 12.8 Å². The standard InChI is InChI=1S/C50H72FN15O10/c1-6-39-48(68)63(3)40-28-54-49(59-44(40)66(39)34-9-7-8-10-34)57-37-12-11-33(27-41(37)69-4)46(67)53-13-15-71-17-19-73-21-23-75-25-26-76-24-22-74-20-18-72-16-14-65-31-38(47(61-65)70-5)56-43-42-45(62(2)32-55-42)60-50(58-43)64-29-35(51)36(52)30-64/h11-12,27-28,31-32,34-36,39H,6-10,13-26,29-30,52H2,1-5H3,(H,53,67)(H,54,57,59)(H,56,58,60)/t35-,36?,39-/m1/s1. The van der Waals surface area contributed by atoms with Crippen LogP contribution >= 0.6 is 0 Å². The highest BCUT2D eigenvalue weighted by Gasteiger charge is 2.41. The van der Waals surface area contributed by atoms with E-state index in [2.05, 4.69) is 45.9 Å². The van der Waals surface area contributed by atoms with Crippen molar-refractivity contribution in [2.75, 3.05) is 146 Å². The number of aryl methyl sites for hydroxylation is 1. The molecule has 8 rings (SSSR count). The van der Waals surface area contributed by atoms with Gasteiger partial charge in [-0.1, -0.05) is 19.8 Å². The Balaban J connectivity index is 0.621. The molecular formula is C50H72FN15O10. The van der Waals surface area contributed by atoms with Crippen molar-refractivity contribution < 1.29 is 51.9 Å². The van der Waals surface area contributed by atoms with Crippen LogP contribution in [0.5, 0.6) is 11.6 Å². The molecule has 414 valence electrons. The monoisotopic (exact) mass is 1060 g/mol. The fourth-order valence-electron chi connectivity index (χ4n) is 9.26. The number of nitrogens with one attached hydrogen (secondary N) is 3. The lowest BCUT2D eigenvalue weighted by atomic mass is 10.0. The zero-order chi connectivity index (χ0) is 53.4. The van der Waals surface area contributed by atoms with E-state index in [0.717, 1.165) is 31.5 Å². The van der Waals surface area contributed by atoms with Crippen molar-refractivity contribution in [3.05, 3.63) is 42.5 Å². The number of likely N-dealkylation sites (N-methyl/N-ethyl adjacent to an activating group) is 1. The lowest BCUT2D eigenvalue weighted by Crippen LogP contribution is -2.55. The number of amides is 2. The third-order valence-electron chi connectivity index (χ3n) is 13.3. The highest BCUT2D eigenvalue weighted by molar-refractivity contribution is 6.04. The molecule has 25 nitrogen and oxygen atoms in total. The van der Waals surface area contributed by atoms with E-state index in [1.165, 1.54) is 14.2 Å². The van der Waals surface area contributed by atoms with E-state index in [1.807, 2.05) is 14.0 Å². The van der Waals surface area contributed by atoms with Gasteiger partial charge in [0, 0.05) is 38.8 Å². The normalized spacial score (nSPS) is 17.8. The van der Waals surface area contributed by atoms with Gasteiger partial charge in [-0.3, -0.25) is 14.3 Å². The first-order valence-electron chi connectivity index (χ1n) is 25.9. The summed E-state index contributed by atoms with van der Waals surface area (Å²) in [5.41, 5.74) is 9.35. The third kappa shape index (κ3) is 14.1. The maximum atomic E-state index is 14.3. The highest BCUT2D eigenvalue weighted by Crippen LogP contribution is 2.40. The number of alkyl halides is 1. The predicted octanol–water partition coefficient (Wildman–Crippen LogP) is 3.37. The minimum Gasteiger partial charge on any atom is -0.495 e. The van der Waals surface area contributed by atoms with Gasteiger partial charge in [-0.25, -0.2) is 14.4 Å². The molecule has 5 aromatic rings. The van der Waals surface area contributed by atoms with Crippen LogP contribution < -0.4 is 45.9 Å². The largest absolute Gasteiger partial charge is 0.495 e. The van der Waals surface area contributed by atoms with E-state index in [0.29, 0.717) is 168 Å². The molecule has 6 heterocycles. The second-order valence-electron chi connectivity index (χ2n) is 18.5. The fourth-order valence-corrected chi connectivity index (χ4v) is 9.26. The van der Waals surface area contributed by atoms with Gasteiger partial charge in [0.05, 0.1) is 137 Å². The van der Waals surface area contributed by atoms with Crippen LogP contribution in [0.25, 0.3) is 11.2 Å². The predicted molar refractivity (Wildman–Crippen MR) is 281 cm³/mol. The summed E-state index contributed by atoms with van der Waals surface area (Å²) in [4.78, 5) is 55.0. The van der Waals surface area contributed by atoms with Crippen LogP contribution in [-0.2, 0) is 46.8 Å². The summed E-state index contributed by atoms with van der Waals surface area (Å²) >= 11 is 0. The van der Waals surface area contributed by atoms with Crippen LogP contribution in [0.3, 0.4) is 0 Å². The van der Waals surface area contributed by atoms with Crippen molar-refractivity contribution in [1.29, 1.82) is 0 Å². The zero-order valence-electron chi connectivity index (χ0n) is 44.1. The SMILES string of the molecule is CC[C@@H]1C(=O)N(C)c2cnc(Nc3ccc(C(=O)NCCOCCOCCOCCOCCOCCOCCn4cc(Nc5nc(N6CC(N)[C@H](F)C6)nc6c5ncn6C)c(OC)n4)cc3OC)nc2N1C1CCCC1. The molecule has 5 N–H and O–H groups in total. The maximum absolute atomic E-state index is 14.3. The number of halogens is 1. The van der Waals surface area contributed by atoms with Crippen molar-refractivity contribution in [3.63, 3.8) is 0 Å². The molecule has 0 bridgehead atoms. The first-order chi connectivity index (χ1) is 37.1. The average Bonchev–Trinajstić information content (AvgIpc) is 4.29. The molecule has 2 amide bonds. The molecule has 1 saturated carbocycles. The van der Waals surface area contributed by atoms with E-state index in [9.17, 15) is 14.0 Å². The number of aromatic nitrogens is 8. The van der Waals surface area contributed by atoms with Crippen molar-refractivity contribution in [3.8, 4) is 11.6 Å². The minimum absolute atomic E-state index is 0.0585. The van der Waals surface area contributed by atoms with E-state index < -0.39 is 12.2 Å². The topological polar surface area (TPSA) is 267 Å². The van der Waals surface area contributed by atoms with Crippen LogP contribution in [0, 0.1) is 0 Å². The van der Waals surface area contributed by atoms with Gasteiger partial charge in [0.25, 0.3) is 11.8 Å². The van der Waals surface area contributed by atoms with Gasteiger partial charge in [-0.15, -0.1) is 5.10 Å². The van der Waals surface area contributed by atoms with E-state index in [1.54, 1.807) is 63.0 Å². The Labute approximate surface area is 441 Å². The Morgan fingerprint density at radius 2 is 1.49 bits per heavy atom. The fraction of sp³-hybridized carbons (Fsp3) is 0.600. The molecule has 0 spiro atoms. The van der Waals surface area contributed by atoms with Crippen molar-refractivity contribution >= 4 is 63.6 Å². The summed E-state index contributed by atoms with van der Waals surface area (Å²) in [5, 5.41) is 13.9. The number of hydrogen-bond acceptors (Lipinski definition) is 21. The maximum Gasteiger partial charge on any atom is 0.256 e. The number of imidazole rings is 1. The van der Waals surface area contributed by atoms with Gasteiger partial charge in [-0.2, -0.15) is 15.0 Å². The molecule has 2 fully saturated rings. The van der Waals surface area contributed by atoms with Gasteiger partial charge < -0.3 is 78.8 Å². The van der Waals surface area contributed by atoms with Crippen LogP contribution in [0.15, 0.2) is 36.9 Å². The van der Waals surface area contributed by atoms with Crippen molar-refractivity contribution in [1.82, 2.24) is 44.6 Å². The molecule has 3 atom stereocenters. The second kappa shape index (κ2) is 27.5. The molecule has 4 aromatic heterocycles. The number of hydrogen-bond donors (Lipinski definition) is 4. The van der Waals surface area contributed by atoms with Crippen molar-refractivity contribution in [2.45, 2.75) is 69.9 Å². The molecule has 2 aliphatic heterocycles. The first-order valence-corrected chi connectivity index (χ1v) is 25.9. The Kier molecular flexibility index (Phi) is 20.1. The van der Waals surface area contributed by atoms with Crippen LogP contribution in [-0.4, -0.2) is 196 Å². The highest BCUT2D eigenvalue weighted by atomic mass is 19.1. The van der Waals surface area contributed by atoms with E-state index in [4.69, 9.17) is 48.6 Å². The van der Waals surface area contributed by atoms with Crippen LogP contribution in [0.4, 0.5) is 45.0 Å². The third-order valence-corrected chi connectivity index (χ3v) is 13.3. The summed E-state index contributed by atoms with van der Waals surface area (Å²) < 4.78 is 62.7. The number of methoxy groups -OCH3 is 2. The van der Waals surface area contributed by atoms with Crippen LogP contribution in [0.2, 0.25) is 0 Å². The molecule has 3 aliphatic rings. The number of rotatable bonds is 31. The molecule has 1 aliphatic carbocycles. The minimum atomic E-state index is -1.16. The lowest BCUT2D eigenvalue weighted by Gasteiger charge is -2.43. The first kappa shape index (κ1) is 55.7. The second-order valence-corrected chi connectivity index (χ2v) is 18.5. The summed E-state index contributed by atoms with van der Waals surface area (Å²) in [6, 6.07) is 4.50. The summed E-state index contributed by atoms with van der Waals surface area (Å²) in [5.74, 6) is 2.52. The number of fused-ring (bicyclic) bond motifs is 2. The Morgan fingerprint density at radius 3 is 2.12 bits per heavy atom. The summed E-state index contributed by atoms with van der Waals surface area (Å²) in [6.07, 6.45) is 8.97. The van der Waals surface area contributed by atoms with E-state index >= 15 is 0 Å². The molecule has 0 radical (unpaired) electrons. The molecule has 1 aromatic carbocycles. The number of ether oxygens (including phenoxy) is 8. The lowest BCUT2D eigenvalue weighted by molar-refractivity contribution is -0.120. The molecule has 76 heavy (non-hydrogen) atoms. The number of nitrogens with zero attached hydrogens (tertiary/aromatic N) is 11. The number of carbonyl (C=O) groups excluding carboxylic acids is 2. The average molecular weight is 1060 g/mol. The molecular weight excluding hydrogens is 990 g/mol. The number of anilines is 7. The number of benzene rings is 1. The Morgan fingerprint density at radius 1 is 0.816 bits per heavy atom. The molecule has 1 saturated heterocycles.